The third-order valence-electron chi connectivity index (χ3n) is 8.20. The van der Waals surface area contributed by atoms with Crippen molar-refractivity contribution in [2.45, 2.75) is 65.1 Å². The Hall–Kier alpha value is -1.92. The van der Waals surface area contributed by atoms with Gasteiger partial charge in [-0.2, -0.15) is 0 Å². The van der Waals surface area contributed by atoms with E-state index in [9.17, 15) is 24.9 Å². The zero-order valence-corrected chi connectivity index (χ0v) is 18.2. The van der Waals surface area contributed by atoms with E-state index in [-0.39, 0.29) is 24.0 Å². The number of rotatable bonds is 4. The van der Waals surface area contributed by atoms with Gasteiger partial charge in [0.05, 0.1) is 17.4 Å². The molecule has 6 nitrogen and oxygen atoms in total. The lowest BCUT2D eigenvalue weighted by Crippen LogP contribution is -2.59. The first kappa shape index (κ1) is 21.3. The van der Waals surface area contributed by atoms with Crippen LogP contribution < -0.4 is 0 Å². The molecule has 2 saturated carbocycles. The van der Waals surface area contributed by atoms with E-state index >= 15 is 0 Å². The van der Waals surface area contributed by atoms with Gasteiger partial charge in [0.2, 0.25) is 5.78 Å². The highest BCUT2D eigenvalue weighted by molar-refractivity contribution is 6.11. The van der Waals surface area contributed by atoms with E-state index in [0.29, 0.717) is 31.3 Å². The van der Waals surface area contributed by atoms with E-state index in [1.165, 1.54) is 0 Å². The molecule has 0 unspecified atom stereocenters. The van der Waals surface area contributed by atoms with Gasteiger partial charge in [-0.3, -0.25) is 9.59 Å². The molecule has 3 N–H and O–H groups in total. The average molecular weight is 417 g/mol. The maximum Gasteiger partial charge on any atom is 0.308 e. The summed E-state index contributed by atoms with van der Waals surface area (Å²) >= 11 is 0. The van der Waals surface area contributed by atoms with Crippen LogP contribution in [0.2, 0.25) is 0 Å². The van der Waals surface area contributed by atoms with Gasteiger partial charge in [0.15, 0.2) is 5.76 Å². The van der Waals surface area contributed by atoms with Gasteiger partial charge in [0.1, 0.15) is 12.2 Å². The predicted molar refractivity (Wildman–Crippen MR) is 110 cm³/mol. The second kappa shape index (κ2) is 6.30. The quantitative estimate of drug-likeness (QED) is 0.481. The van der Waals surface area contributed by atoms with Gasteiger partial charge in [-0.25, -0.2) is 0 Å². The summed E-state index contributed by atoms with van der Waals surface area (Å²) in [5.41, 5.74) is -3.18. The summed E-state index contributed by atoms with van der Waals surface area (Å²) in [6, 6.07) is 0. The smallest absolute Gasteiger partial charge is 0.308 e. The summed E-state index contributed by atoms with van der Waals surface area (Å²) in [7, 11) is 0. The molecule has 164 valence electrons. The lowest BCUT2D eigenvalue weighted by Gasteiger charge is -2.55. The Morgan fingerprint density at radius 2 is 2.03 bits per heavy atom. The molecule has 6 heteroatoms. The van der Waals surface area contributed by atoms with Crippen molar-refractivity contribution in [2.75, 3.05) is 6.61 Å². The third-order valence-corrected chi connectivity index (χ3v) is 8.20. The largest absolute Gasteiger partial charge is 0.504 e. The summed E-state index contributed by atoms with van der Waals surface area (Å²) < 4.78 is 5.47. The molecule has 0 aromatic carbocycles. The SMILES string of the molecule is C=C[C@]1(C)C=C2C(=O)C(O)=C3[C@](C)(COC(=O)C(C)C)[C@H](O)C[C@H]4C[C@@]34[C@@]2(O)CC1. The Morgan fingerprint density at radius 3 is 2.63 bits per heavy atom. The monoisotopic (exact) mass is 416 g/mol. The molecule has 30 heavy (non-hydrogen) atoms. The van der Waals surface area contributed by atoms with Gasteiger partial charge in [-0.15, -0.1) is 6.58 Å². The van der Waals surface area contributed by atoms with E-state index in [0.717, 1.165) is 0 Å². The number of fused-ring (bicyclic) bond motifs is 1. The number of esters is 1. The third kappa shape index (κ3) is 2.50. The number of aliphatic hydroxyl groups excluding tert-OH is 2. The fraction of sp³-hybridized carbons (Fsp3) is 0.667. The highest BCUT2D eigenvalue weighted by atomic mass is 16.5. The van der Waals surface area contributed by atoms with Gasteiger partial charge >= 0.3 is 5.97 Å². The van der Waals surface area contributed by atoms with Crippen LogP contribution in [-0.2, 0) is 14.3 Å². The number of aliphatic hydroxyl groups is 3. The van der Waals surface area contributed by atoms with Crippen molar-refractivity contribution in [3.05, 3.63) is 35.6 Å². The van der Waals surface area contributed by atoms with Gasteiger partial charge in [-0.05, 0) is 44.1 Å². The highest BCUT2D eigenvalue weighted by Crippen LogP contribution is 2.77. The molecule has 0 aromatic rings. The van der Waals surface area contributed by atoms with Gasteiger partial charge in [0, 0.05) is 16.4 Å². The van der Waals surface area contributed by atoms with Crippen LogP contribution in [0, 0.1) is 28.1 Å². The Labute approximate surface area is 177 Å². The van der Waals surface area contributed by atoms with E-state index in [1.807, 2.05) is 6.92 Å². The lowest BCUT2D eigenvalue weighted by atomic mass is 9.51. The van der Waals surface area contributed by atoms with Crippen molar-refractivity contribution in [1.29, 1.82) is 0 Å². The van der Waals surface area contributed by atoms with Crippen LogP contribution in [0.15, 0.2) is 35.6 Å². The first-order valence-corrected chi connectivity index (χ1v) is 10.8. The Balaban J connectivity index is 1.85. The summed E-state index contributed by atoms with van der Waals surface area (Å²) in [4.78, 5) is 25.4. The lowest BCUT2D eigenvalue weighted by molar-refractivity contribution is -0.155. The minimum atomic E-state index is -1.40. The van der Waals surface area contributed by atoms with E-state index < -0.39 is 45.5 Å². The van der Waals surface area contributed by atoms with Crippen molar-refractivity contribution in [3.8, 4) is 0 Å². The summed E-state index contributed by atoms with van der Waals surface area (Å²) in [5, 5.41) is 34.0. The summed E-state index contributed by atoms with van der Waals surface area (Å²) in [6.07, 6.45) is 4.65. The molecule has 0 bridgehead atoms. The van der Waals surface area contributed by atoms with Gasteiger partial charge in [0.25, 0.3) is 0 Å². The predicted octanol–water partition coefficient (Wildman–Crippen LogP) is 3.00. The molecule has 4 aliphatic rings. The minimum Gasteiger partial charge on any atom is -0.504 e. The second-order valence-corrected chi connectivity index (χ2v) is 10.5. The first-order chi connectivity index (χ1) is 13.9. The number of ether oxygens (including phenoxy) is 1. The minimum absolute atomic E-state index is 0.0342. The number of carbonyl (C=O) groups excluding carboxylic acids is 2. The highest BCUT2D eigenvalue weighted by Gasteiger charge is 2.78. The molecular weight excluding hydrogens is 384 g/mol. The fourth-order valence-corrected chi connectivity index (χ4v) is 6.10. The number of allylic oxidation sites excluding steroid dienone is 3. The number of carbonyl (C=O) groups is 2. The Bertz CT molecular complexity index is 899. The van der Waals surface area contributed by atoms with E-state index in [2.05, 4.69) is 6.58 Å². The molecule has 0 amide bonds. The molecule has 0 heterocycles. The maximum atomic E-state index is 13.3. The molecule has 1 spiro atoms. The van der Waals surface area contributed by atoms with Crippen LogP contribution in [-0.4, -0.2) is 45.4 Å². The zero-order chi connectivity index (χ0) is 22.3. The zero-order valence-electron chi connectivity index (χ0n) is 18.2. The molecule has 6 atom stereocenters. The molecule has 0 radical (unpaired) electrons. The van der Waals surface area contributed by atoms with Crippen molar-refractivity contribution >= 4 is 11.8 Å². The molecule has 0 aromatic heterocycles. The van der Waals surface area contributed by atoms with Crippen molar-refractivity contribution in [3.63, 3.8) is 0 Å². The van der Waals surface area contributed by atoms with Crippen LogP contribution in [0.3, 0.4) is 0 Å². The summed E-state index contributed by atoms with van der Waals surface area (Å²) in [6.45, 7) is 10.8. The molecule has 0 aliphatic heterocycles. The Morgan fingerprint density at radius 1 is 1.37 bits per heavy atom. The fourth-order valence-electron chi connectivity index (χ4n) is 6.10. The van der Waals surface area contributed by atoms with E-state index in [1.54, 1.807) is 32.9 Å². The molecule has 4 aliphatic carbocycles. The molecule has 4 rings (SSSR count). The van der Waals surface area contributed by atoms with Gasteiger partial charge in [-0.1, -0.05) is 32.9 Å². The van der Waals surface area contributed by atoms with Crippen LogP contribution in [0.25, 0.3) is 0 Å². The topological polar surface area (TPSA) is 104 Å². The van der Waals surface area contributed by atoms with E-state index in [4.69, 9.17) is 4.74 Å². The number of hydrogen-bond acceptors (Lipinski definition) is 6. The van der Waals surface area contributed by atoms with Crippen molar-refractivity contribution < 1.29 is 29.6 Å². The van der Waals surface area contributed by atoms with Crippen LogP contribution in [0.4, 0.5) is 0 Å². The number of Topliss-reactive ketones (excluding diaryl/α,β-unsaturated/α-hetero) is 1. The molecule has 0 saturated heterocycles. The average Bonchev–Trinajstić information content (AvgIpc) is 3.41. The van der Waals surface area contributed by atoms with Crippen molar-refractivity contribution in [1.82, 2.24) is 0 Å². The molecular formula is C24H32O6. The van der Waals surface area contributed by atoms with Crippen molar-refractivity contribution in [2.24, 2.45) is 28.1 Å². The maximum absolute atomic E-state index is 13.3. The van der Waals surface area contributed by atoms with Crippen LogP contribution in [0.5, 0.6) is 0 Å². The standard InChI is InChI=1S/C24H32O6/c1-6-21(4)7-8-24(29)15(11-21)17(26)18(27)19-22(5,12-30-20(28)13(2)3)16(25)9-14-10-23(14,19)24/h6,11,13-14,16,25,27,29H,1,7-10,12H2,2-5H3/t14-,16+,21-,22+,23-,24+/m0/s1. The normalized spacial score (nSPS) is 44.6. The van der Waals surface area contributed by atoms with Crippen LogP contribution in [0.1, 0.15) is 53.4 Å². The Kier molecular flexibility index (Phi) is 4.48. The van der Waals surface area contributed by atoms with Gasteiger partial charge < -0.3 is 20.1 Å². The number of ketones is 1. The summed E-state index contributed by atoms with van der Waals surface area (Å²) in [5.74, 6) is -1.79. The van der Waals surface area contributed by atoms with Crippen LogP contribution >= 0.6 is 0 Å². The molecule has 2 fully saturated rings. The first-order valence-electron chi connectivity index (χ1n) is 10.8. The number of hydrogen-bond donors (Lipinski definition) is 3. The second-order valence-electron chi connectivity index (χ2n) is 10.5.